The average molecular weight is 377 g/mol. The van der Waals surface area contributed by atoms with Crippen molar-refractivity contribution in [1.29, 1.82) is 0 Å². The maximum Gasteiger partial charge on any atom is 0.247 e. The van der Waals surface area contributed by atoms with Crippen LogP contribution < -0.4 is 5.32 Å². The maximum atomic E-state index is 12.8. The van der Waals surface area contributed by atoms with Crippen LogP contribution in [0, 0.1) is 12.8 Å². The van der Waals surface area contributed by atoms with E-state index in [1.165, 1.54) is 12.0 Å². The monoisotopic (exact) mass is 377 g/mol. The van der Waals surface area contributed by atoms with Crippen molar-refractivity contribution < 1.29 is 9.21 Å². The third-order valence-corrected chi connectivity index (χ3v) is 5.30. The number of hydrogen-bond donors (Lipinski definition) is 1. The number of amides is 1. The molecule has 3 aromatic rings. The fourth-order valence-corrected chi connectivity index (χ4v) is 3.63. The molecule has 1 N–H and O–H groups in total. The Kier molecular flexibility index (Phi) is 5.43. The fraction of sp³-hybridized carbons (Fsp3) is 0.333. The molecule has 28 heavy (non-hydrogen) atoms. The molecular formula is C21H23N5O2. The molecule has 1 amide bonds. The minimum Gasteiger partial charge on any atom is -0.423 e. The zero-order chi connectivity index (χ0) is 19.3. The summed E-state index contributed by atoms with van der Waals surface area (Å²) in [6, 6.07) is 9.79. The summed E-state index contributed by atoms with van der Waals surface area (Å²) >= 11 is 0. The third-order valence-electron chi connectivity index (χ3n) is 5.30. The van der Waals surface area contributed by atoms with Gasteiger partial charge in [0.1, 0.15) is 0 Å². The Bertz CT molecular complexity index is 919. The highest BCUT2D eigenvalue weighted by molar-refractivity contribution is 5.94. The van der Waals surface area contributed by atoms with E-state index in [9.17, 15) is 4.79 Å². The van der Waals surface area contributed by atoms with Crippen LogP contribution in [-0.4, -0.2) is 39.1 Å². The molecule has 0 unspecified atom stereocenters. The minimum absolute atomic E-state index is 0.0279. The van der Waals surface area contributed by atoms with Crippen molar-refractivity contribution in [3.63, 3.8) is 0 Å². The Hall–Kier alpha value is -3.06. The number of nitrogens with zero attached hydrogens (tertiary/aromatic N) is 4. The summed E-state index contributed by atoms with van der Waals surface area (Å²) in [7, 11) is 0. The van der Waals surface area contributed by atoms with Gasteiger partial charge in [-0.15, -0.1) is 10.2 Å². The molecule has 1 aromatic carbocycles. The van der Waals surface area contributed by atoms with E-state index < -0.39 is 0 Å². The summed E-state index contributed by atoms with van der Waals surface area (Å²) in [4.78, 5) is 19.2. The second-order valence-electron chi connectivity index (χ2n) is 7.12. The number of pyridine rings is 1. The number of aromatic nitrogens is 3. The van der Waals surface area contributed by atoms with Crippen molar-refractivity contribution in [2.24, 2.45) is 5.92 Å². The van der Waals surface area contributed by atoms with Crippen LogP contribution in [0.2, 0.25) is 0 Å². The van der Waals surface area contributed by atoms with Crippen molar-refractivity contribution in [2.45, 2.75) is 26.3 Å². The van der Waals surface area contributed by atoms with Gasteiger partial charge in [-0.1, -0.05) is 6.07 Å². The number of hydrogen-bond acceptors (Lipinski definition) is 6. The zero-order valence-electron chi connectivity index (χ0n) is 15.8. The summed E-state index contributed by atoms with van der Waals surface area (Å²) in [5.41, 5.74) is 3.81. The van der Waals surface area contributed by atoms with Gasteiger partial charge in [-0.2, -0.15) is 0 Å². The van der Waals surface area contributed by atoms with Gasteiger partial charge in [-0.3, -0.25) is 14.7 Å². The van der Waals surface area contributed by atoms with E-state index in [0.717, 1.165) is 49.3 Å². The second-order valence-corrected chi connectivity index (χ2v) is 7.12. The highest BCUT2D eigenvalue weighted by Crippen LogP contribution is 2.28. The van der Waals surface area contributed by atoms with Crippen LogP contribution in [-0.2, 0) is 11.3 Å². The maximum absolute atomic E-state index is 12.8. The predicted octanol–water partition coefficient (Wildman–Crippen LogP) is 3.29. The molecule has 0 aliphatic carbocycles. The van der Waals surface area contributed by atoms with Crippen molar-refractivity contribution in [1.82, 2.24) is 20.1 Å². The van der Waals surface area contributed by atoms with Crippen LogP contribution in [0.3, 0.4) is 0 Å². The molecule has 7 nitrogen and oxygen atoms in total. The van der Waals surface area contributed by atoms with Crippen LogP contribution >= 0.6 is 0 Å². The van der Waals surface area contributed by atoms with Crippen LogP contribution in [0.25, 0.3) is 11.5 Å². The van der Waals surface area contributed by atoms with Gasteiger partial charge in [0.2, 0.25) is 18.2 Å². The van der Waals surface area contributed by atoms with Crippen molar-refractivity contribution >= 4 is 11.6 Å². The average Bonchev–Trinajstić information content (AvgIpc) is 3.25. The SMILES string of the molecule is Cc1c(NC(=O)C2CCN(Cc3ccncc3)CC2)cccc1-c1nnco1. The van der Waals surface area contributed by atoms with E-state index >= 15 is 0 Å². The highest BCUT2D eigenvalue weighted by Gasteiger charge is 2.25. The number of rotatable bonds is 5. The van der Waals surface area contributed by atoms with Crippen LogP contribution in [0.5, 0.6) is 0 Å². The molecule has 0 spiro atoms. The van der Waals surface area contributed by atoms with Gasteiger partial charge in [0.15, 0.2) is 0 Å². The van der Waals surface area contributed by atoms with E-state index in [-0.39, 0.29) is 11.8 Å². The summed E-state index contributed by atoms with van der Waals surface area (Å²) in [5, 5.41) is 10.8. The molecule has 1 saturated heterocycles. The Morgan fingerprint density at radius 2 is 2.00 bits per heavy atom. The Balaban J connectivity index is 1.36. The van der Waals surface area contributed by atoms with Crippen LogP contribution in [0.15, 0.2) is 53.5 Å². The second kappa shape index (κ2) is 8.31. The van der Waals surface area contributed by atoms with Crippen molar-refractivity contribution in [3.05, 3.63) is 60.2 Å². The third kappa shape index (κ3) is 4.09. The Labute approximate surface area is 163 Å². The van der Waals surface area contributed by atoms with Gasteiger partial charge in [-0.05, 0) is 68.2 Å². The minimum atomic E-state index is 0.0279. The summed E-state index contributed by atoms with van der Waals surface area (Å²) in [5.74, 6) is 0.563. The highest BCUT2D eigenvalue weighted by atomic mass is 16.4. The first-order valence-electron chi connectivity index (χ1n) is 9.49. The molecule has 0 radical (unpaired) electrons. The molecule has 0 saturated carbocycles. The molecule has 0 atom stereocenters. The summed E-state index contributed by atoms with van der Waals surface area (Å²) in [6.45, 7) is 4.69. The quantitative estimate of drug-likeness (QED) is 0.734. The van der Waals surface area contributed by atoms with Crippen LogP contribution in [0.1, 0.15) is 24.0 Å². The van der Waals surface area contributed by atoms with Gasteiger partial charge < -0.3 is 9.73 Å². The topological polar surface area (TPSA) is 84.2 Å². The Morgan fingerprint density at radius 1 is 1.21 bits per heavy atom. The molecule has 4 rings (SSSR count). The number of anilines is 1. The predicted molar refractivity (Wildman–Crippen MR) is 105 cm³/mol. The van der Waals surface area contributed by atoms with Gasteiger partial charge in [0, 0.05) is 36.1 Å². The lowest BCUT2D eigenvalue weighted by molar-refractivity contribution is -0.121. The lowest BCUT2D eigenvalue weighted by Crippen LogP contribution is -2.37. The lowest BCUT2D eigenvalue weighted by Gasteiger charge is -2.31. The number of carbonyl (C=O) groups excluding carboxylic acids is 1. The van der Waals surface area contributed by atoms with E-state index in [0.29, 0.717) is 5.89 Å². The summed E-state index contributed by atoms with van der Waals surface area (Å²) in [6.07, 6.45) is 6.67. The van der Waals surface area contributed by atoms with Gasteiger partial charge in [0.05, 0.1) is 0 Å². The van der Waals surface area contributed by atoms with E-state index in [1.807, 2.05) is 49.6 Å². The van der Waals surface area contributed by atoms with Gasteiger partial charge in [0.25, 0.3) is 0 Å². The Morgan fingerprint density at radius 3 is 2.71 bits per heavy atom. The first kappa shape index (κ1) is 18.3. The number of piperidine rings is 1. The largest absolute Gasteiger partial charge is 0.423 e. The first-order valence-corrected chi connectivity index (χ1v) is 9.49. The summed E-state index contributed by atoms with van der Waals surface area (Å²) < 4.78 is 5.29. The molecular weight excluding hydrogens is 354 g/mol. The molecule has 1 fully saturated rings. The standard InChI is InChI=1S/C21H23N5O2/c1-15-18(21-25-23-14-28-21)3-2-4-19(15)24-20(27)17-7-11-26(12-8-17)13-16-5-9-22-10-6-16/h2-6,9-10,14,17H,7-8,11-13H2,1H3,(H,24,27). The van der Waals surface area contributed by atoms with E-state index in [2.05, 4.69) is 25.4 Å². The molecule has 144 valence electrons. The molecule has 1 aliphatic rings. The molecule has 7 heteroatoms. The molecule has 0 bridgehead atoms. The molecule has 3 heterocycles. The van der Waals surface area contributed by atoms with Crippen LogP contribution in [0.4, 0.5) is 5.69 Å². The number of benzene rings is 1. The first-order chi connectivity index (χ1) is 13.7. The van der Waals surface area contributed by atoms with Crippen molar-refractivity contribution in [2.75, 3.05) is 18.4 Å². The van der Waals surface area contributed by atoms with Gasteiger partial charge in [-0.25, -0.2) is 0 Å². The smallest absolute Gasteiger partial charge is 0.247 e. The molecule has 1 aliphatic heterocycles. The van der Waals surface area contributed by atoms with E-state index in [1.54, 1.807) is 0 Å². The normalized spacial score (nSPS) is 15.5. The van der Waals surface area contributed by atoms with Crippen molar-refractivity contribution in [3.8, 4) is 11.5 Å². The fourth-order valence-electron chi connectivity index (χ4n) is 3.63. The number of likely N-dealkylation sites (tertiary alicyclic amines) is 1. The molecule has 2 aromatic heterocycles. The number of carbonyl (C=O) groups is 1. The lowest BCUT2D eigenvalue weighted by atomic mass is 9.95. The zero-order valence-corrected chi connectivity index (χ0v) is 15.8. The number of nitrogens with one attached hydrogen (secondary N) is 1. The van der Waals surface area contributed by atoms with Gasteiger partial charge >= 0.3 is 0 Å². The van der Waals surface area contributed by atoms with E-state index in [4.69, 9.17) is 4.42 Å².